The fourth-order valence-electron chi connectivity index (χ4n) is 9.62. The number of hydrogen-bond acceptors (Lipinski definition) is 12. The number of hydrogen-bond donors (Lipinski definition) is 4. The van der Waals surface area contributed by atoms with E-state index in [0.717, 1.165) is 22.3 Å². The van der Waals surface area contributed by atoms with E-state index in [-0.39, 0.29) is 110 Å². The minimum atomic E-state index is -0.989. The molecule has 0 radical (unpaired) electrons. The molecule has 0 saturated heterocycles. The average Bonchev–Trinajstić information content (AvgIpc) is 3.33. The van der Waals surface area contributed by atoms with Crippen molar-refractivity contribution >= 4 is 23.8 Å². The lowest BCUT2D eigenvalue weighted by Crippen LogP contribution is -2.47. The highest BCUT2D eigenvalue weighted by atomic mass is 16.6. The number of phenols is 2. The van der Waals surface area contributed by atoms with Gasteiger partial charge in [0.25, 0.3) is 11.8 Å². The Morgan fingerprint density at radius 1 is 0.397 bits per heavy atom. The second kappa shape index (κ2) is 24.9. The highest BCUT2D eigenvalue weighted by molar-refractivity contribution is 5.86. The first-order valence-electron chi connectivity index (χ1n) is 27.7. The summed E-state index contributed by atoms with van der Waals surface area (Å²) in [5.74, 6) is -1.97. The van der Waals surface area contributed by atoms with Crippen LogP contribution in [0.1, 0.15) is 178 Å². The van der Waals surface area contributed by atoms with Crippen molar-refractivity contribution in [1.82, 2.24) is 10.6 Å². The number of aromatic hydroxyl groups is 2. The van der Waals surface area contributed by atoms with Gasteiger partial charge in [0.1, 0.15) is 48.3 Å². The van der Waals surface area contributed by atoms with E-state index in [0.29, 0.717) is 56.0 Å². The van der Waals surface area contributed by atoms with Gasteiger partial charge < -0.3 is 49.3 Å². The Labute approximate surface area is 463 Å². The van der Waals surface area contributed by atoms with Gasteiger partial charge in [-0.1, -0.05) is 159 Å². The fraction of sp³-hybridized carbons (Fsp3) is 0.562. The zero-order chi connectivity index (χ0) is 57.7. The standard InChI is InChI=1S/C64H88N2O12/c1-37(2)53-59(71)75-21-19-73-17-18-74-20-22-76-60(72)54(38(3)4)66-52(68)36-78-58-45-25-41-29-47(61(5,6)7)27-39(55(41)69)23-43-31-49(63(11,12)13)32-44(57(43)77-35-51(67)65-53)24-40-28-48(62(8,9)10)30-42(56(40)70)26-46(58)34-50(33-45)64(14,15)16/h27-34,37-38,53-54,69-70H,17-26,35-36H2,1-16H3,(H,65,67)(H,66,68)/t53-,54-/m0/s1. The second-order valence-electron chi connectivity index (χ2n) is 26.0. The number of carbonyl (C=O) groups is 4. The van der Waals surface area contributed by atoms with Crippen LogP contribution in [0.25, 0.3) is 0 Å². The molecule has 6 rings (SSSR count). The third-order valence-corrected chi connectivity index (χ3v) is 14.5. The SMILES string of the molecule is CC(C)[C@@H]1NC(=O)COc2c3cc(C(C)(C)C)cc2Cc2cc(C(C)(C)C)cc(c2O)Cc2cc(C(C)(C)C)cc(c2OCC(=O)N[C@@H](C(C)C)C(=O)OCCOCCOCCOC1=O)Cc1cc(C(C)(C)C)cc(c1O)C3. The van der Waals surface area contributed by atoms with Crippen LogP contribution in [0.4, 0.5) is 0 Å². The van der Waals surface area contributed by atoms with Crippen LogP contribution in [-0.2, 0) is 85.5 Å². The lowest BCUT2D eigenvalue weighted by atomic mass is 9.79. The molecule has 426 valence electrons. The van der Waals surface area contributed by atoms with Crippen LogP contribution < -0.4 is 20.1 Å². The zero-order valence-corrected chi connectivity index (χ0v) is 49.4. The van der Waals surface area contributed by atoms with E-state index in [1.54, 1.807) is 0 Å². The number of nitrogens with one attached hydrogen (secondary N) is 2. The predicted octanol–water partition coefficient (Wildman–Crippen LogP) is 10.1. The minimum absolute atomic E-state index is 0.0624. The van der Waals surface area contributed by atoms with E-state index in [1.165, 1.54) is 0 Å². The molecule has 4 N–H and O–H groups in total. The largest absolute Gasteiger partial charge is 0.507 e. The summed E-state index contributed by atoms with van der Waals surface area (Å²) in [4.78, 5) is 55.2. The maximum atomic E-state index is 14.1. The number of ether oxygens (including phenoxy) is 6. The van der Waals surface area contributed by atoms with Gasteiger partial charge in [0.2, 0.25) is 0 Å². The Hall–Kier alpha value is -6.12. The Kier molecular flexibility index (Phi) is 19.5. The van der Waals surface area contributed by atoms with Gasteiger partial charge in [-0.25, -0.2) is 9.59 Å². The number of esters is 2. The van der Waals surface area contributed by atoms with Gasteiger partial charge in [0, 0.05) is 25.7 Å². The first-order valence-corrected chi connectivity index (χ1v) is 27.7. The summed E-state index contributed by atoms with van der Waals surface area (Å²) in [5.41, 5.74) is 7.85. The molecule has 14 heteroatoms. The summed E-state index contributed by atoms with van der Waals surface area (Å²) < 4.78 is 35.8. The maximum Gasteiger partial charge on any atom is 0.328 e. The van der Waals surface area contributed by atoms with Crippen molar-refractivity contribution in [3.05, 3.63) is 115 Å². The van der Waals surface area contributed by atoms with Crippen LogP contribution in [0.5, 0.6) is 23.0 Å². The van der Waals surface area contributed by atoms with Gasteiger partial charge in [-0.15, -0.1) is 0 Å². The molecule has 0 aromatic heterocycles. The topological polar surface area (TPSA) is 188 Å². The van der Waals surface area contributed by atoms with Crippen LogP contribution in [0.3, 0.4) is 0 Å². The summed E-state index contributed by atoms with van der Waals surface area (Å²) in [6.07, 6.45) is 0.783. The minimum Gasteiger partial charge on any atom is -0.507 e. The summed E-state index contributed by atoms with van der Waals surface area (Å²) in [5, 5.41) is 31.2. The van der Waals surface area contributed by atoms with E-state index in [4.69, 9.17) is 28.4 Å². The molecule has 4 aromatic carbocycles. The molecule has 2 amide bonds. The molecule has 0 unspecified atom stereocenters. The summed E-state index contributed by atoms with van der Waals surface area (Å²) in [7, 11) is 0. The van der Waals surface area contributed by atoms with Gasteiger partial charge in [-0.2, -0.15) is 0 Å². The van der Waals surface area contributed by atoms with Crippen molar-refractivity contribution in [2.45, 2.75) is 170 Å². The molecule has 14 nitrogen and oxygen atoms in total. The van der Waals surface area contributed by atoms with Crippen molar-refractivity contribution < 1.29 is 57.8 Å². The first kappa shape index (κ1) is 61.1. The lowest BCUT2D eigenvalue weighted by Gasteiger charge is -2.28. The molecule has 0 saturated carbocycles. The molecule has 0 fully saturated rings. The number of rotatable bonds is 2. The zero-order valence-electron chi connectivity index (χ0n) is 49.4. The molecule has 0 spiro atoms. The second-order valence-corrected chi connectivity index (χ2v) is 26.0. The summed E-state index contributed by atoms with van der Waals surface area (Å²) >= 11 is 0. The number of benzene rings is 4. The Bertz CT molecular complexity index is 2530. The number of carbonyl (C=O) groups excluding carboxylic acids is 4. The Morgan fingerprint density at radius 2 is 0.641 bits per heavy atom. The normalized spacial score (nSPS) is 18.6. The fourth-order valence-corrected chi connectivity index (χ4v) is 9.62. The maximum absolute atomic E-state index is 14.1. The lowest BCUT2D eigenvalue weighted by molar-refractivity contribution is -0.152. The molecule has 1 aliphatic carbocycles. The van der Waals surface area contributed by atoms with Crippen LogP contribution in [-0.4, -0.2) is 98.9 Å². The smallest absolute Gasteiger partial charge is 0.328 e. The number of phenolic OH excluding ortho intramolecular Hbond substituents is 2. The van der Waals surface area contributed by atoms with Gasteiger partial charge >= 0.3 is 11.9 Å². The molecular weight excluding hydrogens is 989 g/mol. The van der Waals surface area contributed by atoms with E-state index < -0.39 is 49.1 Å². The molecular formula is C64H88N2O12. The molecule has 10 bridgehead atoms. The van der Waals surface area contributed by atoms with E-state index in [1.807, 2.05) is 52.0 Å². The van der Waals surface area contributed by atoms with Crippen molar-refractivity contribution in [3.8, 4) is 23.0 Å². The van der Waals surface area contributed by atoms with E-state index in [9.17, 15) is 29.4 Å². The molecule has 2 atom stereocenters. The van der Waals surface area contributed by atoms with Gasteiger partial charge in [-0.3, -0.25) is 9.59 Å². The van der Waals surface area contributed by atoms with Crippen molar-refractivity contribution in [3.63, 3.8) is 0 Å². The molecule has 2 aliphatic rings. The molecule has 78 heavy (non-hydrogen) atoms. The molecule has 1 heterocycles. The highest BCUT2D eigenvalue weighted by Gasteiger charge is 2.32. The number of fused-ring (bicyclic) bond motifs is 2. The predicted molar refractivity (Wildman–Crippen MR) is 303 cm³/mol. The highest BCUT2D eigenvalue weighted by Crippen LogP contribution is 2.44. The summed E-state index contributed by atoms with van der Waals surface area (Å²) in [6, 6.07) is 14.4. The van der Waals surface area contributed by atoms with E-state index >= 15 is 0 Å². The first-order chi connectivity index (χ1) is 36.3. The van der Waals surface area contributed by atoms with E-state index in [2.05, 4.69) is 118 Å². The van der Waals surface area contributed by atoms with Gasteiger partial charge in [-0.05, 0) is 100 Å². The van der Waals surface area contributed by atoms with Crippen molar-refractivity contribution in [2.75, 3.05) is 52.9 Å². The van der Waals surface area contributed by atoms with Crippen molar-refractivity contribution in [1.29, 1.82) is 0 Å². The number of amides is 2. The molecule has 1 aliphatic heterocycles. The Balaban J connectivity index is 1.64. The average molecular weight is 1080 g/mol. The van der Waals surface area contributed by atoms with Crippen molar-refractivity contribution in [2.24, 2.45) is 11.8 Å². The third kappa shape index (κ3) is 15.8. The quantitative estimate of drug-likeness (QED) is 0.123. The number of cyclic esters (lactones) is 2. The van der Waals surface area contributed by atoms with Crippen LogP contribution >= 0.6 is 0 Å². The third-order valence-electron chi connectivity index (χ3n) is 14.5. The van der Waals surface area contributed by atoms with Gasteiger partial charge in [0.15, 0.2) is 13.2 Å². The molecule has 4 aromatic rings. The Morgan fingerprint density at radius 3 is 0.885 bits per heavy atom. The van der Waals surface area contributed by atoms with Crippen LogP contribution in [0, 0.1) is 11.8 Å². The van der Waals surface area contributed by atoms with Gasteiger partial charge in [0.05, 0.1) is 26.4 Å². The monoisotopic (exact) mass is 1080 g/mol. The van der Waals surface area contributed by atoms with Crippen LogP contribution in [0.2, 0.25) is 0 Å². The van der Waals surface area contributed by atoms with Crippen LogP contribution in [0.15, 0.2) is 48.5 Å². The summed E-state index contributed by atoms with van der Waals surface area (Å²) in [6.45, 7) is 32.3.